The van der Waals surface area contributed by atoms with Gasteiger partial charge in [-0.15, -0.1) is 0 Å². The van der Waals surface area contributed by atoms with Crippen LogP contribution in [0.25, 0.3) is 22.0 Å². The van der Waals surface area contributed by atoms with Crippen LogP contribution in [0, 0.1) is 26.7 Å². The molecule has 0 saturated heterocycles. The number of amides is 1. The Morgan fingerprint density at radius 3 is 2.28 bits per heavy atom. The van der Waals surface area contributed by atoms with Crippen LogP contribution in [0.15, 0.2) is 60.8 Å². The van der Waals surface area contributed by atoms with Gasteiger partial charge in [-0.05, 0) is 79.1 Å². The quantitative estimate of drug-likeness (QED) is 0.390. The van der Waals surface area contributed by atoms with Crippen LogP contribution in [0.3, 0.4) is 0 Å². The van der Waals surface area contributed by atoms with E-state index < -0.39 is 5.91 Å². The number of nitrogens with two attached hydrogens (primary N) is 1. The van der Waals surface area contributed by atoms with Crippen molar-refractivity contribution in [2.45, 2.75) is 47.1 Å². The van der Waals surface area contributed by atoms with Crippen LogP contribution in [-0.4, -0.2) is 15.7 Å². The summed E-state index contributed by atoms with van der Waals surface area (Å²) < 4.78 is 2.09. The average molecular weight is 426 g/mol. The average Bonchev–Trinajstić information content (AvgIpc) is 3.18. The number of benzene rings is 3. The number of carbonyl (C=O) groups is 1. The van der Waals surface area contributed by atoms with Crippen LogP contribution in [0.2, 0.25) is 0 Å². The monoisotopic (exact) mass is 425 g/mol. The number of nitrogens with zero attached hydrogens (tertiary/aromatic N) is 2. The Kier molecular flexibility index (Phi) is 5.88. The van der Waals surface area contributed by atoms with Crippen LogP contribution in [0.4, 0.5) is 0 Å². The topological polar surface area (TPSA) is 60.9 Å². The Labute approximate surface area is 190 Å². The molecule has 1 aromatic heterocycles. The molecule has 1 atom stereocenters. The van der Waals surface area contributed by atoms with Crippen molar-refractivity contribution >= 4 is 16.8 Å². The molecule has 1 heterocycles. The van der Waals surface area contributed by atoms with Crippen molar-refractivity contribution < 1.29 is 4.79 Å². The van der Waals surface area contributed by atoms with Crippen molar-refractivity contribution in [3.05, 3.63) is 88.6 Å². The van der Waals surface area contributed by atoms with Gasteiger partial charge in [0.1, 0.15) is 0 Å². The van der Waals surface area contributed by atoms with Crippen molar-refractivity contribution in [2.75, 3.05) is 0 Å². The van der Waals surface area contributed by atoms with Gasteiger partial charge in [0.25, 0.3) is 0 Å². The summed E-state index contributed by atoms with van der Waals surface area (Å²) in [6.07, 6.45) is 3.12. The first-order valence-corrected chi connectivity index (χ1v) is 11.2. The molecule has 0 fully saturated rings. The van der Waals surface area contributed by atoms with Crippen molar-refractivity contribution in [2.24, 2.45) is 11.7 Å². The fraction of sp³-hybridized carbons (Fsp3) is 0.286. The lowest BCUT2D eigenvalue weighted by molar-refractivity contribution is 0.1000. The summed E-state index contributed by atoms with van der Waals surface area (Å²) in [6.45, 7) is 10.9. The number of aryl methyl sites for hydroxylation is 3. The fourth-order valence-corrected chi connectivity index (χ4v) is 4.53. The molecule has 1 unspecified atom stereocenters. The molecule has 0 spiro atoms. The first-order chi connectivity index (χ1) is 15.2. The number of hydrogen-bond donors (Lipinski definition) is 1. The molecule has 0 bridgehead atoms. The highest BCUT2D eigenvalue weighted by Crippen LogP contribution is 2.34. The van der Waals surface area contributed by atoms with Crippen LogP contribution in [0.1, 0.15) is 58.9 Å². The lowest BCUT2D eigenvalue weighted by atomic mass is 9.93. The molecule has 0 aliphatic carbocycles. The number of hydrogen-bond acceptors (Lipinski definition) is 2. The molecule has 0 radical (unpaired) electrons. The maximum Gasteiger partial charge on any atom is 0.248 e. The van der Waals surface area contributed by atoms with Crippen LogP contribution >= 0.6 is 0 Å². The summed E-state index contributed by atoms with van der Waals surface area (Å²) in [6, 6.07) is 18.6. The summed E-state index contributed by atoms with van der Waals surface area (Å²) in [5.74, 6) is 0.0892. The highest BCUT2D eigenvalue weighted by Gasteiger charge is 2.19. The van der Waals surface area contributed by atoms with Crippen molar-refractivity contribution in [1.82, 2.24) is 9.78 Å². The number of carbonyl (C=O) groups excluding carboxylic acids is 1. The summed E-state index contributed by atoms with van der Waals surface area (Å²) in [5.41, 5.74) is 14.4. The molecule has 1 amide bonds. The van der Waals surface area contributed by atoms with Crippen LogP contribution < -0.4 is 5.73 Å². The Bertz CT molecular complexity index is 1280. The predicted molar refractivity (Wildman–Crippen MR) is 132 cm³/mol. The standard InChI is InChI=1S/C28H31N3O/c1-17(2)14-27(21-7-9-22(10-8-21)28(29)32)31-16-25-20(5)24(12-13-26(25)30-31)23-11-6-18(3)15-19(23)4/h6-13,15-17,27H,14H2,1-5H3,(H2,29,32). The fourth-order valence-electron chi connectivity index (χ4n) is 4.53. The summed E-state index contributed by atoms with van der Waals surface area (Å²) in [7, 11) is 0. The van der Waals surface area contributed by atoms with E-state index >= 15 is 0 Å². The Morgan fingerprint density at radius 2 is 1.66 bits per heavy atom. The normalized spacial score (nSPS) is 12.4. The van der Waals surface area contributed by atoms with Gasteiger partial charge in [0.15, 0.2) is 0 Å². The largest absolute Gasteiger partial charge is 0.366 e. The molecule has 0 aliphatic rings. The van der Waals surface area contributed by atoms with E-state index in [-0.39, 0.29) is 6.04 Å². The van der Waals surface area contributed by atoms with E-state index in [1.165, 1.54) is 33.2 Å². The van der Waals surface area contributed by atoms with Gasteiger partial charge in [0.05, 0.1) is 11.6 Å². The van der Waals surface area contributed by atoms with Gasteiger partial charge < -0.3 is 5.73 Å². The van der Waals surface area contributed by atoms with E-state index in [2.05, 4.69) is 75.8 Å². The van der Waals surface area contributed by atoms with E-state index in [1.807, 2.05) is 12.1 Å². The molecular formula is C28H31N3O. The molecule has 2 N–H and O–H groups in total. The smallest absolute Gasteiger partial charge is 0.248 e. The molecule has 4 rings (SSSR count). The lowest BCUT2D eigenvalue weighted by Crippen LogP contribution is -2.15. The maximum absolute atomic E-state index is 11.5. The highest BCUT2D eigenvalue weighted by molar-refractivity contribution is 5.92. The van der Waals surface area contributed by atoms with E-state index in [4.69, 9.17) is 10.8 Å². The zero-order valence-corrected chi connectivity index (χ0v) is 19.5. The second kappa shape index (κ2) is 8.62. The van der Waals surface area contributed by atoms with Crippen molar-refractivity contribution in [3.8, 4) is 11.1 Å². The Morgan fingerprint density at radius 1 is 0.969 bits per heavy atom. The molecular weight excluding hydrogens is 394 g/mol. The minimum absolute atomic E-state index is 0.0910. The Hall–Kier alpha value is -3.40. The van der Waals surface area contributed by atoms with Gasteiger partial charge in [0.2, 0.25) is 5.91 Å². The van der Waals surface area contributed by atoms with Crippen molar-refractivity contribution in [1.29, 1.82) is 0 Å². The minimum atomic E-state index is -0.406. The van der Waals surface area contributed by atoms with Gasteiger partial charge in [-0.25, -0.2) is 0 Å². The number of aromatic nitrogens is 2. The van der Waals surface area contributed by atoms with E-state index in [0.717, 1.165) is 17.5 Å². The second-order valence-electron chi connectivity index (χ2n) is 9.23. The third kappa shape index (κ3) is 4.18. The number of rotatable bonds is 6. The number of fused-ring (bicyclic) bond motifs is 1. The minimum Gasteiger partial charge on any atom is -0.366 e. The Balaban J connectivity index is 1.79. The molecule has 164 valence electrons. The summed E-state index contributed by atoms with van der Waals surface area (Å²) in [4.78, 5) is 11.5. The predicted octanol–water partition coefficient (Wildman–Crippen LogP) is 6.36. The molecule has 32 heavy (non-hydrogen) atoms. The molecule has 0 aliphatic heterocycles. The number of primary amides is 1. The van der Waals surface area contributed by atoms with E-state index in [1.54, 1.807) is 12.1 Å². The van der Waals surface area contributed by atoms with E-state index in [0.29, 0.717) is 11.5 Å². The van der Waals surface area contributed by atoms with Crippen LogP contribution in [-0.2, 0) is 0 Å². The van der Waals surface area contributed by atoms with Gasteiger partial charge in [-0.1, -0.05) is 55.8 Å². The summed E-state index contributed by atoms with van der Waals surface area (Å²) >= 11 is 0. The van der Waals surface area contributed by atoms with Gasteiger partial charge >= 0.3 is 0 Å². The lowest BCUT2D eigenvalue weighted by Gasteiger charge is -2.20. The zero-order chi connectivity index (χ0) is 23.0. The third-order valence-corrected chi connectivity index (χ3v) is 6.24. The van der Waals surface area contributed by atoms with Crippen molar-refractivity contribution in [3.63, 3.8) is 0 Å². The second-order valence-corrected chi connectivity index (χ2v) is 9.23. The van der Waals surface area contributed by atoms with Gasteiger partial charge in [0, 0.05) is 17.1 Å². The molecule has 4 nitrogen and oxygen atoms in total. The third-order valence-electron chi connectivity index (χ3n) is 6.24. The maximum atomic E-state index is 11.5. The summed E-state index contributed by atoms with van der Waals surface area (Å²) in [5, 5.41) is 6.13. The molecule has 3 aromatic carbocycles. The zero-order valence-electron chi connectivity index (χ0n) is 19.5. The SMILES string of the molecule is Cc1ccc(-c2ccc3nn(C(CC(C)C)c4ccc(C(N)=O)cc4)cc3c2C)c(C)c1. The first-order valence-electron chi connectivity index (χ1n) is 11.2. The van der Waals surface area contributed by atoms with Gasteiger partial charge in [-0.2, -0.15) is 5.10 Å². The van der Waals surface area contributed by atoms with E-state index in [9.17, 15) is 4.79 Å². The first kappa shape index (κ1) is 21.8. The van der Waals surface area contributed by atoms with Gasteiger partial charge in [-0.3, -0.25) is 9.48 Å². The molecule has 4 aromatic rings. The molecule has 0 saturated carbocycles. The highest BCUT2D eigenvalue weighted by atomic mass is 16.1. The molecule has 4 heteroatoms. The van der Waals surface area contributed by atoms with Crippen LogP contribution in [0.5, 0.6) is 0 Å².